The van der Waals surface area contributed by atoms with Crippen LogP contribution in [0.3, 0.4) is 0 Å². The zero-order chi connectivity index (χ0) is 14.2. The molecule has 0 saturated carbocycles. The van der Waals surface area contributed by atoms with Gasteiger partial charge in [-0.1, -0.05) is 42.8 Å². The molecular formula is C18H22O2. The quantitative estimate of drug-likeness (QED) is 0.758. The monoisotopic (exact) mass is 270 g/mol. The molecule has 2 heteroatoms. The number of rotatable bonds is 7. The molecule has 2 aromatic rings. The number of aromatic hydroxyl groups is 1. The minimum Gasteiger partial charge on any atom is -0.504 e. The van der Waals surface area contributed by atoms with Crippen LogP contribution in [0.25, 0.3) is 0 Å². The van der Waals surface area contributed by atoms with Gasteiger partial charge in [-0.2, -0.15) is 0 Å². The molecule has 1 N–H and O–H groups in total. The summed E-state index contributed by atoms with van der Waals surface area (Å²) in [7, 11) is 1.58. The summed E-state index contributed by atoms with van der Waals surface area (Å²) in [6.07, 6.45) is 5.79. The van der Waals surface area contributed by atoms with Crippen molar-refractivity contribution >= 4 is 0 Å². The third-order valence-corrected chi connectivity index (χ3v) is 3.52. The van der Waals surface area contributed by atoms with Crippen LogP contribution in [-0.4, -0.2) is 12.2 Å². The molecule has 0 fully saturated rings. The zero-order valence-electron chi connectivity index (χ0n) is 12.0. The summed E-state index contributed by atoms with van der Waals surface area (Å²) < 4.78 is 5.12. The van der Waals surface area contributed by atoms with Crippen molar-refractivity contribution in [2.45, 2.75) is 32.1 Å². The number of hydrogen-bond acceptors (Lipinski definition) is 2. The van der Waals surface area contributed by atoms with E-state index in [1.54, 1.807) is 13.2 Å². The van der Waals surface area contributed by atoms with Crippen LogP contribution >= 0.6 is 0 Å². The predicted molar refractivity (Wildman–Crippen MR) is 82.4 cm³/mol. The van der Waals surface area contributed by atoms with Crippen LogP contribution in [-0.2, 0) is 12.8 Å². The lowest BCUT2D eigenvalue weighted by Gasteiger charge is -2.07. The van der Waals surface area contributed by atoms with Gasteiger partial charge < -0.3 is 9.84 Å². The van der Waals surface area contributed by atoms with E-state index >= 15 is 0 Å². The number of aryl methyl sites for hydroxylation is 2. The van der Waals surface area contributed by atoms with E-state index in [0.717, 1.165) is 12.8 Å². The van der Waals surface area contributed by atoms with Crippen LogP contribution in [0.15, 0.2) is 48.5 Å². The van der Waals surface area contributed by atoms with Crippen LogP contribution in [0.1, 0.15) is 30.4 Å². The van der Waals surface area contributed by atoms with Crippen LogP contribution in [0.5, 0.6) is 11.5 Å². The first-order chi connectivity index (χ1) is 9.79. The van der Waals surface area contributed by atoms with Crippen LogP contribution in [0.2, 0.25) is 0 Å². The van der Waals surface area contributed by atoms with Gasteiger partial charge in [0.05, 0.1) is 7.11 Å². The fourth-order valence-electron chi connectivity index (χ4n) is 2.36. The molecule has 0 saturated heterocycles. The molecule has 0 atom stereocenters. The molecule has 0 spiro atoms. The van der Waals surface area contributed by atoms with E-state index in [4.69, 9.17) is 4.74 Å². The second kappa shape index (κ2) is 7.59. The maximum Gasteiger partial charge on any atom is 0.160 e. The SMILES string of the molecule is COc1cc(CCCCCc2ccccc2)ccc1O. The van der Waals surface area contributed by atoms with E-state index in [9.17, 15) is 5.11 Å². The molecule has 2 aromatic carbocycles. The molecule has 106 valence electrons. The lowest BCUT2D eigenvalue weighted by Crippen LogP contribution is -1.90. The second-order valence-corrected chi connectivity index (χ2v) is 5.05. The van der Waals surface area contributed by atoms with Crippen LogP contribution < -0.4 is 4.74 Å². The standard InChI is InChI=1S/C18H22O2/c1-20-18-14-16(12-13-17(18)19)11-7-3-6-10-15-8-4-2-5-9-15/h2,4-5,8-9,12-14,19H,3,6-7,10-11H2,1H3. The van der Waals surface area contributed by atoms with E-state index < -0.39 is 0 Å². The summed E-state index contributed by atoms with van der Waals surface area (Å²) >= 11 is 0. The van der Waals surface area contributed by atoms with Gasteiger partial charge in [0, 0.05) is 0 Å². The molecule has 0 radical (unpaired) electrons. The third kappa shape index (κ3) is 4.30. The number of hydrogen-bond donors (Lipinski definition) is 1. The molecule has 0 amide bonds. The Hall–Kier alpha value is -1.96. The number of phenols is 1. The third-order valence-electron chi connectivity index (χ3n) is 3.52. The van der Waals surface area contributed by atoms with E-state index in [1.165, 1.54) is 30.4 Å². The molecule has 0 aliphatic heterocycles. The van der Waals surface area contributed by atoms with Crippen molar-refractivity contribution in [2.75, 3.05) is 7.11 Å². The van der Waals surface area contributed by atoms with Crippen molar-refractivity contribution in [3.63, 3.8) is 0 Å². The van der Waals surface area contributed by atoms with Crippen molar-refractivity contribution in [1.29, 1.82) is 0 Å². The minimum absolute atomic E-state index is 0.209. The molecule has 0 aliphatic rings. The van der Waals surface area contributed by atoms with E-state index in [1.807, 2.05) is 12.1 Å². The van der Waals surface area contributed by atoms with Gasteiger partial charge in [-0.3, -0.25) is 0 Å². The van der Waals surface area contributed by atoms with Gasteiger partial charge in [0.25, 0.3) is 0 Å². The molecule has 2 rings (SSSR count). The van der Waals surface area contributed by atoms with Crippen molar-refractivity contribution < 1.29 is 9.84 Å². The first-order valence-electron chi connectivity index (χ1n) is 7.19. The summed E-state index contributed by atoms with van der Waals surface area (Å²) in [5, 5.41) is 9.55. The summed E-state index contributed by atoms with van der Waals surface area (Å²) in [5.74, 6) is 0.770. The Labute approximate surface area is 121 Å². The van der Waals surface area contributed by atoms with Crippen molar-refractivity contribution in [3.05, 3.63) is 59.7 Å². The van der Waals surface area contributed by atoms with Gasteiger partial charge in [-0.15, -0.1) is 0 Å². The topological polar surface area (TPSA) is 29.5 Å². The van der Waals surface area contributed by atoms with Crippen molar-refractivity contribution in [1.82, 2.24) is 0 Å². The molecule has 2 nitrogen and oxygen atoms in total. The summed E-state index contributed by atoms with van der Waals surface area (Å²) in [4.78, 5) is 0. The summed E-state index contributed by atoms with van der Waals surface area (Å²) in [6.45, 7) is 0. The van der Waals surface area contributed by atoms with E-state index in [0.29, 0.717) is 5.75 Å². The van der Waals surface area contributed by atoms with Crippen LogP contribution in [0, 0.1) is 0 Å². The van der Waals surface area contributed by atoms with Gasteiger partial charge in [0.1, 0.15) is 0 Å². The lowest BCUT2D eigenvalue weighted by molar-refractivity contribution is 0.373. The number of ether oxygens (including phenoxy) is 1. The Bertz CT molecular complexity index is 520. The van der Waals surface area contributed by atoms with E-state index in [-0.39, 0.29) is 5.75 Å². The number of benzene rings is 2. The average Bonchev–Trinajstić information content (AvgIpc) is 2.49. The highest BCUT2D eigenvalue weighted by molar-refractivity contribution is 5.41. The Morgan fingerprint density at radius 3 is 2.25 bits per heavy atom. The summed E-state index contributed by atoms with van der Waals surface area (Å²) in [6, 6.07) is 16.2. The predicted octanol–water partition coefficient (Wildman–Crippen LogP) is 4.36. The van der Waals surface area contributed by atoms with Gasteiger partial charge >= 0.3 is 0 Å². The maximum atomic E-state index is 9.55. The van der Waals surface area contributed by atoms with Gasteiger partial charge in [0.15, 0.2) is 11.5 Å². The van der Waals surface area contributed by atoms with Crippen LogP contribution in [0.4, 0.5) is 0 Å². The summed E-state index contributed by atoms with van der Waals surface area (Å²) in [5.41, 5.74) is 2.64. The smallest absolute Gasteiger partial charge is 0.160 e. The Kier molecular flexibility index (Phi) is 5.48. The van der Waals surface area contributed by atoms with Gasteiger partial charge in [-0.25, -0.2) is 0 Å². The number of methoxy groups -OCH3 is 1. The largest absolute Gasteiger partial charge is 0.504 e. The number of phenolic OH excluding ortho intramolecular Hbond substituents is 1. The second-order valence-electron chi connectivity index (χ2n) is 5.05. The highest BCUT2D eigenvalue weighted by atomic mass is 16.5. The number of unbranched alkanes of at least 4 members (excludes halogenated alkanes) is 2. The fourth-order valence-corrected chi connectivity index (χ4v) is 2.36. The highest BCUT2D eigenvalue weighted by Gasteiger charge is 2.02. The Balaban J connectivity index is 1.71. The van der Waals surface area contributed by atoms with Crippen molar-refractivity contribution in [2.24, 2.45) is 0 Å². The van der Waals surface area contributed by atoms with Gasteiger partial charge in [0.2, 0.25) is 0 Å². The minimum atomic E-state index is 0.209. The normalized spacial score (nSPS) is 10.4. The molecule has 0 bridgehead atoms. The Morgan fingerprint density at radius 1 is 0.850 bits per heavy atom. The molecular weight excluding hydrogens is 248 g/mol. The molecule has 0 aromatic heterocycles. The lowest BCUT2D eigenvalue weighted by atomic mass is 10.0. The molecule has 20 heavy (non-hydrogen) atoms. The zero-order valence-corrected chi connectivity index (χ0v) is 12.0. The average molecular weight is 270 g/mol. The Morgan fingerprint density at radius 2 is 1.55 bits per heavy atom. The fraction of sp³-hybridized carbons (Fsp3) is 0.333. The maximum absolute atomic E-state index is 9.55. The van der Waals surface area contributed by atoms with E-state index in [2.05, 4.69) is 30.3 Å². The first-order valence-corrected chi connectivity index (χ1v) is 7.19. The van der Waals surface area contributed by atoms with Gasteiger partial charge in [-0.05, 0) is 48.9 Å². The molecule has 0 aliphatic carbocycles. The highest BCUT2D eigenvalue weighted by Crippen LogP contribution is 2.26. The van der Waals surface area contributed by atoms with Crippen molar-refractivity contribution in [3.8, 4) is 11.5 Å². The molecule has 0 heterocycles. The molecule has 0 unspecified atom stereocenters. The first kappa shape index (κ1) is 14.4.